The van der Waals surface area contributed by atoms with Gasteiger partial charge in [0, 0.05) is 6.08 Å². The minimum absolute atomic E-state index is 0.258. The molecule has 2 heterocycles. The molecule has 1 fully saturated rings. The van der Waals surface area contributed by atoms with Gasteiger partial charge in [0.05, 0.1) is 6.61 Å². The molecule has 2 amide bonds. The molecular weight excluding hydrogens is 258 g/mol. The second-order valence-corrected chi connectivity index (χ2v) is 4.75. The van der Waals surface area contributed by atoms with E-state index in [0.29, 0.717) is 0 Å². The zero-order chi connectivity index (χ0) is 14.4. The van der Waals surface area contributed by atoms with Crippen molar-refractivity contribution in [1.82, 2.24) is 5.32 Å². The van der Waals surface area contributed by atoms with Crippen molar-refractivity contribution in [3.05, 3.63) is 17.5 Å². The number of amidine groups is 1. The Bertz CT molecular complexity index is 451. The van der Waals surface area contributed by atoms with Gasteiger partial charge >= 0.3 is 6.03 Å². The molecule has 1 unspecified atom stereocenters. The third-order valence-electron chi connectivity index (χ3n) is 3.30. The number of rotatable bonds is 2. The molecule has 2 aliphatic heterocycles. The Balaban J connectivity index is 2.38. The zero-order valence-electron chi connectivity index (χ0n) is 10.1. The van der Waals surface area contributed by atoms with Crippen LogP contribution in [-0.4, -0.2) is 62.5 Å². The van der Waals surface area contributed by atoms with Gasteiger partial charge in [0.2, 0.25) is 6.23 Å². The molecule has 0 aromatic rings. The highest BCUT2D eigenvalue weighted by molar-refractivity contribution is 6.02. The number of carbonyl (C=O) groups is 1. The number of ether oxygens (including phenoxy) is 1. The number of carbonyl (C=O) groups excluding carboxylic acids is 1. The van der Waals surface area contributed by atoms with Gasteiger partial charge < -0.3 is 25.3 Å². The predicted molar refractivity (Wildman–Crippen MR) is 61.4 cm³/mol. The van der Waals surface area contributed by atoms with Crippen LogP contribution in [0.3, 0.4) is 0 Å². The maximum atomic E-state index is 12.5. The quantitative estimate of drug-likeness (QED) is 0.301. The normalized spacial score (nSPS) is 46.5. The molecule has 5 N–H and O–H groups in total. The van der Waals surface area contributed by atoms with Gasteiger partial charge in [-0.3, -0.25) is 10.7 Å². The largest absolute Gasteiger partial charge is 0.617 e. The van der Waals surface area contributed by atoms with E-state index in [0.717, 1.165) is 19.2 Å². The van der Waals surface area contributed by atoms with Crippen LogP contribution in [0, 0.1) is 10.6 Å². The summed E-state index contributed by atoms with van der Waals surface area (Å²) in [5.41, 5.74) is -2.02. The number of nitrogens with zero attached hydrogens (tertiary/aromatic N) is 1. The number of aliphatic hydroxyl groups is 3. The molecule has 0 aromatic carbocycles. The van der Waals surface area contributed by atoms with E-state index in [2.05, 4.69) is 0 Å². The number of urea groups is 1. The summed E-state index contributed by atoms with van der Waals surface area (Å²) in [5.74, 6) is -0.258. The number of hydrogen-bond donors (Lipinski definition) is 5. The first-order valence-electron chi connectivity index (χ1n) is 5.59. The van der Waals surface area contributed by atoms with Crippen molar-refractivity contribution in [3.63, 3.8) is 0 Å². The first-order chi connectivity index (χ1) is 8.73. The van der Waals surface area contributed by atoms with Crippen molar-refractivity contribution < 1.29 is 29.5 Å². The Labute approximate surface area is 108 Å². The molecule has 0 radical (unpaired) electrons. The lowest BCUT2D eigenvalue weighted by Gasteiger charge is -2.44. The van der Waals surface area contributed by atoms with E-state index in [9.17, 15) is 20.2 Å². The SMILES string of the molecule is C[C@@]1(O)[C@H](O)[C@@H](CO)O[C@H]1[N+]1([O-])C=CC(=N)NC1=O. The van der Waals surface area contributed by atoms with Crippen molar-refractivity contribution in [2.75, 3.05) is 6.61 Å². The highest BCUT2D eigenvalue weighted by Gasteiger charge is 2.61. The standard InChI is InChI=1S/C10H15N3O6/c1-10(17)7(15)5(4-14)19-8(10)13(18)3-2-6(11)12-9(13)16/h2-3,5,7-8,14-15,17H,4H2,1H3,(H2,11,12,16)/t5-,7-,8-,10-,13?/m1/s1. The van der Waals surface area contributed by atoms with E-state index in [1.807, 2.05) is 5.32 Å². The van der Waals surface area contributed by atoms with E-state index in [4.69, 9.17) is 15.3 Å². The molecule has 5 atom stereocenters. The maximum absolute atomic E-state index is 12.5. The molecule has 0 saturated carbocycles. The summed E-state index contributed by atoms with van der Waals surface area (Å²) in [6, 6.07) is -1.11. The van der Waals surface area contributed by atoms with Gasteiger partial charge in [0.1, 0.15) is 24.2 Å². The van der Waals surface area contributed by atoms with Crippen LogP contribution in [-0.2, 0) is 4.74 Å². The Hall–Kier alpha value is -1.36. The number of quaternary nitrogens is 1. The van der Waals surface area contributed by atoms with Gasteiger partial charge in [0.25, 0.3) is 0 Å². The number of hydrogen-bond acceptors (Lipinski definition) is 7. The van der Waals surface area contributed by atoms with Gasteiger partial charge in [-0.1, -0.05) is 0 Å². The molecule has 2 rings (SSSR count). The van der Waals surface area contributed by atoms with Crippen LogP contribution in [0.15, 0.2) is 12.3 Å². The summed E-state index contributed by atoms with van der Waals surface area (Å²) in [5, 5.41) is 50.7. The molecular formula is C10H15N3O6. The minimum atomic E-state index is -2.02. The van der Waals surface area contributed by atoms with E-state index in [-0.39, 0.29) is 5.84 Å². The van der Waals surface area contributed by atoms with Crippen molar-refractivity contribution in [2.45, 2.75) is 31.0 Å². The summed E-state index contributed by atoms with van der Waals surface area (Å²) < 4.78 is 3.39. The number of aliphatic hydroxyl groups excluding tert-OH is 2. The minimum Gasteiger partial charge on any atom is -0.617 e. The van der Waals surface area contributed by atoms with Gasteiger partial charge in [-0.25, -0.2) is 9.44 Å². The fourth-order valence-corrected chi connectivity index (χ4v) is 2.20. The summed E-state index contributed by atoms with van der Waals surface area (Å²) in [4.78, 5) is 11.7. The third kappa shape index (κ3) is 1.96. The van der Waals surface area contributed by atoms with Crippen LogP contribution in [0.1, 0.15) is 6.92 Å². The third-order valence-corrected chi connectivity index (χ3v) is 3.30. The summed E-state index contributed by atoms with van der Waals surface area (Å²) in [6.45, 7) is 0.548. The van der Waals surface area contributed by atoms with Crippen LogP contribution < -0.4 is 5.32 Å². The lowest BCUT2D eigenvalue weighted by Crippen LogP contribution is -2.65. The monoisotopic (exact) mass is 273 g/mol. The number of nitrogens with one attached hydrogen (secondary N) is 2. The van der Waals surface area contributed by atoms with E-state index in [1.54, 1.807) is 0 Å². The Morgan fingerprint density at radius 2 is 2.32 bits per heavy atom. The van der Waals surface area contributed by atoms with Crippen molar-refractivity contribution in [3.8, 4) is 0 Å². The Morgan fingerprint density at radius 3 is 2.79 bits per heavy atom. The second-order valence-electron chi connectivity index (χ2n) is 4.75. The lowest BCUT2D eigenvalue weighted by atomic mass is 9.96. The van der Waals surface area contributed by atoms with E-state index < -0.39 is 41.3 Å². The molecule has 0 aliphatic carbocycles. The molecule has 1 saturated heterocycles. The number of hydroxylamine groups is 3. The maximum Gasteiger partial charge on any atom is 0.429 e. The molecule has 19 heavy (non-hydrogen) atoms. The van der Waals surface area contributed by atoms with Gasteiger partial charge in [-0.15, -0.1) is 0 Å². The molecule has 2 aliphatic rings. The number of amides is 2. The lowest BCUT2D eigenvalue weighted by molar-refractivity contribution is -0.812. The molecule has 0 bridgehead atoms. The van der Waals surface area contributed by atoms with Crippen LogP contribution >= 0.6 is 0 Å². The van der Waals surface area contributed by atoms with Crippen LogP contribution in [0.5, 0.6) is 0 Å². The Morgan fingerprint density at radius 1 is 1.68 bits per heavy atom. The van der Waals surface area contributed by atoms with Crippen molar-refractivity contribution >= 4 is 11.9 Å². The van der Waals surface area contributed by atoms with Crippen molar-refractivity contribution in [1.29, 1.82) is 5.41 Å². The second kappa shape index (κ2) is 4.34. The van der Waals surface area contributed by atoms with Gasteiger partial charge in [-0.05, 0) is 6.92 Å². The summed E-state index contributed by atoms with van der Waals surface area (Å²) in [7, 11) is 0. The highest BCUT2D eigenvalue weighted by Crippen LogP contribution is 2.37. The molecule has 0 aromatic heterocycles. The summed E-state index contributed by atoms with van der Waals surface area (Å²) in [6.07, 6.45) is -2.39. The first kappa shape index (κ1) is 14.1. The van der Waals surface area contributed by atoms with Crippen LogP contribution in [0.4, 0.5) is 4.79 Å². The predicted octanol–water partition coefficient (Wildman–Crippen LogP) is -1.66. The van der Waals surface area contributed by atoms with Crippen molar-refractivity contribution in [2.24, 2.45) is 0 Å². The fourth-order valence-electron chi connectivity index (χ4n) is 2.20. The van der Waals surface area contributed by atoms with Crippen LogP contribution in [0.2, 0.25) is 0 Å². The first-order valence-corrected chi connectivity index (χ1v) is 5.59. The molecule has 9 heteroatoms. The molecule has 9 nitrogen and oxygen atoms in total. The smallest absolute Gasteiger partial charge is 0.429 e. The van der Waals surface area contributed by atoms with Gasteiger partial charge in [0.15, 0.2) is 5.60 Å². The average molecular weight is 273 g/mol. The fraction of sp³-hybridized carbons (Fsp3) is 0.600. The topological polar surface area (TPSA) is 146 Å². The van der Waals surface area contributed by atoms with E-state index >= 15 is 0 Å². The van der Waals surface area contributed by atoms with Gasteiger partial charge in [-0.2, -0.15) is 0 Å². The van der Waals surface area contributed by atoms with E-state index in [1.165, 1.54) is 0 Å². The highest BCUT2D eigenvalue weighted by atomic mass is 16.7. The average Bonchev–Trinajstić information content (AvgIpc) is 2.57. The summed E-state index contributed by atoms with van der Waals surface area (Å²) >= 11 is 0. The van der Waals surface area contributed by atoms with Crippen LogP contribution in [0.25, 0.3) is 0 Å². The molecule has 106 valence electrons. The molecule has 0 spiro atoms. The zero-order valence-corrected chi connectivity index (χ0v) is 10.1. The Kier molecular flexibility index (Phi) is 3.21.